The second-order valence-corrected chi connectivity index (χ2v) is 4.68. The number of hydrogen-bond donors (Lipinski definition) is 0. The van der Waals surface area contributed by atoms with E-state index in [1.807, 2.05) is 24.3 Å². The van der Waals surface area contributed by atoms with Crippen LogP contribution in [0.15, 0.2) is 24.3 Å². The van der Waals surface area contributed by atoms with Gasteiger partial charge in [0.2, 0.25) is 5.91 Å². The number of esters is 1. The molecule has 1 rings (SSSR count). The first kappa shape index (κ1) is 17.8. The summed E-state index contributed by atoms with van der Waals surface area (Å²) in [6, 6.07) is 7.25. The molecule has 0 radical (unpaired) electrons. The van der Waals surface area contributed by atoms with E-state index in [9.17, 15) is 9.59 Å². The second-order valence-electron chi connectivity index (χ2n) is 4.68. The summed E-state index contributed by atoms with van der Waals surface area (Å²) in [7, 11) is 3.19. The predicted molar refractivity (Wildman–Crippen MR) is 82.0 cm³/mol. The van der Waals surface area contributed by atoms with E-state index < -0.39 is 5.97 Å². The lowest BCUT2D eigenvalue weighted by atomic mass is 10.3. The van der Waals surface area contributed by atoms with Crippen LogP contribution in [0.3, 0.4) is 0 Å². The van der Waals surface area contributed by atoms with Crippen molar-refractivity contribution in [1.29, 1.82) is 0 Å². The highest BCUT2D eigenvalue weighted by Crippen LogP contribution is 2.17. The predicted octanol–water partition coefficient (Wildman–Crippen LogP) is 1.88. The van der Waals surface area contributed by atoms with Gasteiger partial charge in [-0.1, -0.05) is 0 Å². The molecule has 0 saturated carbocycles. The number of nitrogens with zero attached hydrogens (tertiary/aromatic N) is 1. The normalized spacial score (nSPS) is 9.95. The van der Waals surface area contributed by atoms with Crippen molar-refractivity contribution in [1.82, 2.24) is 4.90 Å². The Morgan fingerprint density at radius 2 is 1.77 bits per heavy atom. The molecule has 6 nitrogen and oxygen atoms in total. The van der Waals surface area contributed by atoms with Gasteiger partial charge in [-0.2, -0.15) is 0 Å². The van der Waals surface area contributed by atoms with Crippen LogP contribution in [0.4, 0.5) is 0 Å². The average Bonchev–Trinajstić information content (AvgIpc) is 2.52. The summed E-state index contributed by atoms with van der Waals surface area (Å²) < 4.78 is 15.4. The number of amides is 1. The van der Waals surface area contributed by atoms with E-state index >= 15 is 0 Å². The number of hydrogen-bond acceptors (Lipinski definition) is 5. The van der Waals surface area contributed by atoms with Gasteiger partial charge in [0.05, 0.1) is 20.3 Å². The minimum Gasteiger partial charge on any atom is -0.497 e. The van der Waals surface area contributed by atoms with Crippen LogP contribution in [0.25, 0.3) is 0 Å². The fourth-order valence-corrected chi connectivity index (χ4v) is 1.76. The zero-order chi connectivity index (χ0) is 16.4. The highest BCUT2D eigenvalue weighted by molar-refractivity contribution is 5.81. The molecular weight excluding hydrogens is 286 g/mol. The maximum Gasteiger partial charge on any atom is 0.325 e. The molecule has 0 aliphatic rings. The number of ether oxygens (including phenoxy) is 3. The van der Waals surface area contributed by atoms with Crippen LogP contribution in [-0.4, -0.2) is 50.7 Å². The summed E-state index contributed by atoms with van der Waals surface area (Å²) in [5, 5.41) is 0. The average molecular weight is 309 g/mol. The fourth-order valence-electron chi connectivity index (χ4n) is 1.76. The number of methoxy groups -OCH3 is 1. The third-order valence-corrected chi connectivity index (χ3v) is 2.96. The lowest BCUT2D eigenvalue weighted by molar-refractivity contribution is -0.148. The summed E-state index contributed by atoms with van der Waals surface area (Å²) in [5.41, 5.74) is 0. The Balaban J connectivity index is 2.22. The van der Waals surface area contributed by atoms with E-state index in [1.54, 1.807) is 21.1 Å². The van der Waals surface area contributed by atoms with Crippen molar-refractivity contribution in [3.05, 3.63) is 24.3 Å². The van der Waals surface area contributed by atoms with E-state index in [2.05, 4.69) is 0 Å². The van der Waals surface area contributed by atoms with Gasteiger partial charge in [0.1, 0.15) is 18.0 Å². The van der Waals surface area contributed by atoms with Gasteiger partial charge in [-0.25, -0.2) is 0 Å². The summed E-state index contributed by atoms with van der Waals surface area (Å²) in [4.78, 5) is 24.5. The number of likely N-dealkylation sites (N-methyl/N-ethyl adjacent to an activating group) is 1. The smallest absolute Gasteiger partial charge is 0.325 e. The maximum atomic E-state index is 11.8. The molecule has 122 valence electrons. The molecule has 0 atom stereocenters. The third-order valence-electron chi connectivity index (χ3n) is 2.96. The Bertz CT molecular complexity index is 472. The molecule has 1 amide bonds. The number of benzene rings is 1. The molecule has 0 unspecified atom stereocenters. The van der Waals surface area contributed by atoms with Crippen LogP contribution in [0.2, 0.25) is 0 Å². The van der Waals surface area contributed by atoms with Crippen LogP contribution in [0, 0.1) is 0 Å². The summed E-state index contributed by atoms with van der Waals surface area (Å²) in [6.07, 6.45) is 0.907. The molecule has 0 saturated heterocycles. The minimum absolute atomic E-state index is 0.0218. The Labute approximate surface area is 131 Å². The third kappa shape index (κ3) is 6.47. The molecule has 22 heavy (non-hydrogen) atoms. The van der Waals surface area contributed by atoms with Crippen molar-refractivity contribution in [2.24, 2.45) is 0 Å². The first-order valence-electron chi connectivity index (χ1n) is 7.23. The maximum absolute atomic E-state index is 11.8. The largest absolute Gasteiger partial charge is 0.497 e. The van der Waals surface area contributed by atoms with Gasteiger partial charge in [0.15, 0.2) is 0 Å². The Kier molecular flexibility index (Phi) is 7.81. The standard InChI is InChI=1S/C16H23NO5/c1-4-21-16(19)12-17(2)15(18)6-5-11-22-14-9-7-13(20-3)8-10-14/h7-10H,4-6,11-12H2,1-3H3. The van der Waals surface area contributed by atoms with E-state index in [0.29, 0.717) is 26.1 Å². The van der Waals surface area contributed by atoms with Gasteiger partial charge < -0.3 is 19.1 Å². The van der Waals surface area contributed by atoms with Crippen LogP contribution in [0.1, 0.15) is 19.8 Å². The van der Waals surface area contributed by atoms with Crippen molar-refractivity contribution in [3.8, 4) is 11.5 Å². The number of carbonyl (C=O) groups excluding carboxylic acids is 2. The monoisotopic (exact) mass is 309 g/mol. The second kappa shape index (κ2) is 9.65. The van der Waals surface area contributed by atoms with E-state index in [-0.39, 0.29) is 12.5 Å². The van der Waals surface area contributed by atoms with Gasteiger partial charge >= 0.3 is 5.97 Å². The lowest BCUT2D eigenvalue weighted by Gasteiger charge is -2.16. The summed E-state index contributed by atoms with van der Waals surface area (Å²) in [6.45, 7) is 2.46. The molecule has 6 heteroatoms. The Hall–Kier alpha value is -2.24. The molecule has 0 N–H and O–H groups in total. The van der Waals surface area contributed by atoms with Crippen LogP contribution < -0.4 is 9.47 Å². The molecule has 0 aliphatic carbocycles. The van der Waals surface area contributed by atoms with Gasteiger partial charge in [-0.15, -0.1) is 0 Å². The highest BCUT2D eigenvalue weighted by Gasteiger charge is 2.13. The molecule has 0 aromatic heterocycles. The molecule has 0 heterocycles. The minimum atomic E-state index is -0.396. The van der Waals surface area contributed by atoms with Crippen LogP contribution in [0.5, 0.6) is 11.5 Å². The van der Waals surface area contributed by atoms with Gasteiger partial charge in [0.25, 0.3) is 0 Å². The van der Waals surface area contributed by atoms with E-state index in [1.165, 1.54) is 4.90 Å². The molecule has 1 aromatic rings. The molecule has 0 fully saturated rings. The van der Waals surface area contributed by atoms with Crippen molar-refractivity contribution >= 4 is 11.9 Å². The lowest BCUT2D eigenvalue weighted by Crippen LogP contribution is -2.33. The van der Waals surface area contributed by atoms with Gasteiger partial charge in [0, 0.05) is 13.5 Å². The van der Waals surface area contributed by atoms with Crippen molar-refractivity contribution in [3.63, 3.8) is 0 Å². The quantitative estimate of drug-likeness (QED) is 0.515. The van der Waals surface area contributed by atoms with Crippen molar-refractivity contribution in [2.45, 2.75) is 19.8 Å². The van der Waals surface area contributed by atoms with Crippen molar-refractivity contribution in [2.75, 3.05) is 33.9 Å². The SMILES string of the molecule is CCOC(=O)CN(C)C(=O)CCCOc1ccc(OC)cc1. The first-order chi connectivity index (χ1) is 10.6. The molecular formula is C16H23NO5. The fraction of sp³-hybridized carbons (Fsp3) is 0.500. The van der Waals surface area contributed by atoms with Crippen LogP contribution in [-0.2, 0) is 14.3 Å². The highest BCUT2D eigenvalue weighted by atomic mass is 16.5. The molecule has 0 aliphatic heterocycles. The van der Waals surface area contributed by atoms with Crippen LogP contribution >= 0.6 is 0 Å². The molecule has 0 spiro atoms. The topological polar surface area (TPSA) is 65.1 Å². The number of rotatable bonds is 9. The first-order valence-corrected chi connectivity index (χ1v) is 7.23. The Morgan fingerprint density at radius 1 is 1.14 bits per heavy atom. The summed E-state index contributed by atoms with van der Waals surface area (Å²) >= 11 is 0. The summed E-state index contributed by atoms with van der Waals surface area (Å²) in [5.74, 6) is 0.996. The molecule has 1 aromatic carbocycles. The van der Waals surface area contributed by atoms with E-state index in [0.717, 1.165) is 11.5 Å². The van der Waals surface area contributed by atoms with Crippen molar-refractivity contribution < 1.29 is 23.8 Å². The number of carbonyl (C=O) groups is 2. The zero-order valence-corrected chi connectivity index (χ0v) is 13.3. The van der Waals surface area contributed by atoms with Gasteiger partial charge in [-0.3, -0.25) is 9.59 Å². The van der Waals surface area contributed by atoms with E-state index in [4.69, 9.17) is 14.2 Å². The zero-order valence-electron chi connectivity index (χ0n) is 13.3. The van der Waals surface area contributed by atoms with Gasteiger partial charge in [-0.05, 0) is 37.6 Å². The Morgan fingerprint density at radius 3 is 2.36 bits per heavy atom. The molecule has 0 bridgehead atoms.